The van der Waals surface area contributed by atoms with Crippen LogP contribution in [0.15, 0.2) is 30.3 Å². The Bertz CT molecular complexity index is 1180. The molecule has 0 aromatic heterocycles. The molecule has 214 valence electrons. The number of rotatable bonds is 9. The molecule has 1 atom stereocenters. The highest BCUT2D eigenvalue weighted by Gasteiger charge is 2.31. The van der Waals surface area contributed by atoms with Gasteiger partial charge in [-0.3, -0.25) is 9.69 Å². The van der Waals surface area contributed by atoms with Crippen LogP contribution >= 0.6 is 11.6 Å². The third kappa shape index (κ3) is 8.41. The Kier molecular flexibility index (Phi) is 10.3. The highest BCUT2D eigenvalue weighted by atomic mass is 35.5. The Labute approximate surface area is 227 Å². The van der Waals surface area contributed by atoms with Crippen LogP contribution in [0, 0.1) is 11.6 Å². The lowest BCUT2D eigenvalue weighted by Crippen LogP contribution is -2.52. The molecule has 1 unspecified atom stereocenters. The van der Waals surface area contributed by atoms with Gasteiger partial charge in [0.05, 0.1) is 30.0 Å². The first-order chi connectivity index (χ1) is 18.4. The van der Waals surface area contributed by atoms with Crippen LogP contribution in [-0.4, -0.2) is 73.5 Å². The molecular weight excluding hydrogens is 549 g/mol. The number of hydrogen-bond acceptors (Lipinski definition) is 5. The molecule has 1 heterocycles. The minimum atomic E-state index is -4.25. The first-order valence-corrected chi connectivity index (χ1v) is 12.5. The number of nitrogens with one attached hydrogen (secondary N) is 3. The molecule has 0 spiro atoms. The zero-order valence-corrected chi connectivity index (χ0v) is 21.8. The van der Waals surface area contributed by atoms with Crippen molar-refractivity contribution < 1.29 is 36.6 Å². The van der Waals surface area contributed by atoms with Crippen LogP contribution in [0.4, 0.5) is 38.1 Å². The summed E-state index contributed by atoms with van der Waals surface area (Å²) in [4.78, 5) is 28.1. The van der Waals surface area contributed by atoms with Crippen LogP contribution in [0.2, 0.25) is 5.02 Å². The fourth-order valence-corrected chi connectivity index (χ4v) is 4.35. The van der Waals surface area contributed by atoms with Gasteiger partial charge in [0.2, 0.25) is 0 Å². The molecule has 0 radical (unpaired) electrons. The topological polar surface area (TPSA) is 96.9 Å². The maximum Gasteiger partial charge on any atom is 0.390 e. The second kappa shape index (κ2) is 13.3. The third-order valence-electron chi connectivity index (χ3n) is 6.24. The summed E-state index contributed by atoms with van der Waals surface area (Å²) >= 11 is 6.17. The number of alkyl halides is 3. The zero-order chi connectivity index (χ0) is 28.7. The smallest absolute Gasteiger partial charge is 0.390 e. The summed E-state index contributed by atoms with van der Waals surface area (Å²) in [5, 5.41) is 16.3. The van der Waals surface area contributed by atoms with E-state index in [1.807, 2.05) is 4.90 Å². The van der Waals surface area contributed by atoms with Crippen LogP contribution in [0.1, 0.15) is 29.3 Å². The minimum absolute atomic E-state index is 0.0128. The summed E-state index contributed by atoms with van der Waals surface area (Å²) in [6.45, 7) is 2.10. The van der Waals surface area contributed by atoms with Gasteiger partial charge in [0.15, 0.2) is 11.6 Å². The van der Waals surface area contributed by atoms with E-state index in [1.54, 1.807) is 17.9 Å². The highest BCUT2D eigenvalue weighted by molar-refractivity contribution is 6.31. The van der Waals surface area contributed by atoms with Gasteiger partial charge in [0.25, 0.3) is 5.91 Å². The largest absolute Gasteiger partial charge is 0.395 e. The molecule has 0 bridgehead atoms. The molecule has 1 saturated heterocycles. The number of amides is 3. The lowest BCUT2D eigenvalue weighted by atomic mass is 10.1. The van der Waals surface area contributed by atoms with E-state index in [4.69, 9.17) is 16.7 Å². The number of nitrogens with zero attached hydrogens (tertiary/aromatic N) is 2. The molecule has 14 heteroatoms. The molecule has 1 aliphatic heterocycles. The number of piperazine rings is 1. The molecule has 0 saturated carbocycles. The van der Waals surface area contributed by atoms with Gasteiger partial charge < -0.3 is 26.0 Å². The van der Waals surface area contributed by atoms with Gasteiger partial charge in [0, 0.05) is 55.9 Å². The van der Waals surface area contributed by atoms with Gasteiger partial charge >= 0.3 is 12.2 Å². The second-order valence-corrected chi connectivity index (χ2v) is 9.48. The van der Waals surface area contributed by atoms with Crippen molar-refractivity contribution in [1.82, 2.24) is 15.5 Å². The van der Waals surface area contributed by atoms with Crippen molar-refractivity contribution in [2.75, 3.05) is 49.5 Å². The van der Waals surface area contributed by atoms with Crippen LogP contribution in [0.3, 0.4) is 0 Å². The van der Waals surface area contributed by atoms with Gasteiger partial charge in [-0.05, 0) is 31.2 Å². The van der Waals surface area contributed by atoms with Crippen LogP contribution in [0.25, 0.3) is 0 Å². The van der Waals surface area contributed by atoms with Gasteiger partial charge in [-0.1, -0.05) is 17.7 Å². The van der Waals surface area contributed by atoms with E-state index >= 15 is 0 Å². The highest BCUT2D eigenvalue weighted by Crippen LogP contribution is 2.32. The number of carbonyl (C=O) groups excluding carboxylic acids is 2. The number of aliphatic hydroxyl groups excluding tert-OH is 1. The predicted molar refractivity (Wildman–Crippen MR) is 137 cm³/mol. The third-order valence-corrected chi connectivity index (χ3v) is 6.48. The number of aliphatic hydroxyl groups is 1. The molecular formula is C25H29ClF5N5O3. The van der Waals surface area contributed by atoms with Crippen molar-refractivity contribution in [2.45, 2.75) is 32.1 Å². The Hall–Kier alpha value is -3.16. The molecule has 2 aromatic rings. The van der Waals surface area contributed by atoms with Crippen LogP contribution in [0.5, 0.6) is 0 Å². The predicted octanol–water partition coefficient (Wildman–Crippen LogP) is 4.12. The van der Waals surface area contributed by atoms with E-state index in [9.17, 15) is 31.5 Å². The number of carbonyl (C=O) groups is 2. The molecule has 2 aromatic carbocycles. The monoisotopic (exact) mass is 577 g/mol. The fraction of sp³-hybridized carbons (Fsp3) is 0.440. The Morgan fingerprint density at radius 3 is 2.51 bits per heavy atom. The molecule has 8 nitrogen and oxygen atoms in total. The lowest BCUT2D eigenvalue weighted by molar-refractivity contribution is -0.139. The summed E-state index contributed by atoms with van der Waals surface area (Å²) in [6, 6.07) is 5.96. The van der Waals surface area contributed by atoms with Crippen LogP contribution in [-0.2, 0) is 6.54 Å². The number of hydrogen-bond donors (Lipinski definition) is 4. The average Bonchev–Trinajstić information content (AvgIpc) is 2.88. The van der Waals surface area contributed by atoms with E-state index in [-0.39, 0.29) is 43.5 Å². The summed E-state index contributed by atoms with van der Waals surface area (Å²) in [6.07, 6.45) is -5.16. The van der Waals surface area contributed by atoms with Crippen molar-refractivity contribution in [3.05, 3.63) is 58.1 Å². The van der Waals surface area contributed by atoms with E-state index in [1.165, 1.54) is 18.2 Å². The quantitative estimate of drug-likeness (QED) is 0.336. The molecule has 1 aliphatic rings. The van der Waals surface area contributed by atoms with E-state index in [2.05, 4.69) is 16.0 Å². The van der Waals surface area contributed by atoms with E-state index in [0.29, 0.717) is 30.3 Å². The molecule has 3 rings (SSSR count). The number of anilines is 2. The minimum Gasteiger partial charge on any atom is -0.395 e. The van der Waals surface area contributed by atoms with Gasteiger partial charge in [-0.25, -0.2) is 13.6 Å². The first-order valence-electron chi connectivity index (χ1n) is 12.2. The fourth-order valence-electron chi connectivity index (χ4n) is 4.19. The zero-order valence-electron chi connectivity index (χ0n) is 21.0. The summed E-state index contributed by atoms with van der Waals surface area (Å²) in [5.41, 5.74) is 0.0141. The second-order valence-electron chi connectivity index (χ2n) is 9.05. The SMILES string of the molecule is CC1CN(c2cc(Cl)ccc2NC(=O)c2ccc(CNC(=O)NCCO)c(F)c2F)CCN1CCC(F)(F)F. The number of halogens is 6. The van der Waals surface area contributed by atoms with Crippen LogP contribution < -0.4 is 20.9 Å². The van der Waals surface area contributed by atoms with Crippen molar-refractivity contribution in [2.24, 2.45) is 0 Å². The molecule has 3 amide bonds. The maximum absolute atomic E-state index is 14.8. The van der Waals surface area contributed by atoms with Gasteiger partial charge in [-0.2, -0.15) is 13.2 Å². The Morgan fingerprint density at radius 2 is 1.85 bits per heavy atom. The first kappa shape index (κ1) is 30.4. The Morgan fingerprint density at radius 1 is 1.10 bits per heavy atom. The Balaban J connectivity index is 1.71. The van der Waals surface area contributed by atoms with Crippen molar-refractivity contribution in [3.8, 4) is 0 Å². The van der Waals surface area contributed by atoms with E-state index in [0.717, 1.165) is 6.07 Å². The van der Waals surface area contributed by atoms with Gasteiger partial charge in [-0.15, -0.1) is 0 Å². The maximum atomic E-state index is 14.8. The summed E-state index contributed by atoms with van der Waals surface area (Å²) in [5.74, 6) is -3.62. The van der Waals surface area contributed by atoms with Crippen molar-refractivity contribution in [3.63, 3.8) is 0 Å². The summed E-state index contributed by atoms with van der Waals surface area (Å²) in [7, 11) is 0. The van der Waals surface area contributed by atoms with Crippen molar-refractivity contribution >= 4 is 34.9 Å². The average molecular weight is 578 g/mol. The summed E-state index contributed by atoms with van der Waals surface area (Å²) < 4.78 is 67.4. The molecule has 4 N–H and O–H groups in total. The lowest BCUT2D eigenvalue weighted by Gasteiger charge is -2.41. The van der Waals surface area contributed by atoms with Crippen molar-refractivity contribution in [1.29, 1.82) is 0 Å². The number of urea groups is 1. The number of benzene rings is 2. The van der Waals surface area contributed by atoms with Gasteiger partial charge in [0.1, 0.15) is 0 Å². The molecule has 0 aliphatic carbocycles. The molecule has 39 heavy (non-hydrogen) atoms. The standard InChI is InChI=1S/C25H29ClF5N5O3/c1-15-14-36(10-9-35(15)8-6-25(29,30)31)20-12-17(26)3-5-19(20)34-23(38)18-4-2-16(21(27)22(18)28)13-33-24(39)32-7-11-37/h2-5,12,15,37H,6-11,13-14H2,1H3,(H,34,38)(H2,32,33,39). The molecule has 1 fully saturated rings. The normalized spacial score (nSPS) is 16.2. The van der Waals surface area contributed by atoms with E-state index < -0.39 is 41.7 Å².